The molecule has 162 valence electrons. The van der Waals surface area contributed by atoms with E-state index in [0.717, 1.165) is 12.0 Å². The number of carbonyl (C=O) groups is 1. The van der Waals surface area contributed by atoms with Crippen LogP contribution in [0, 0.1) is 20.8 Å². The van der Waals surface area contributed by atoms with E-state index in [1.165, 1.54) is 21.5 Å². The summed E-state index contributed by atoms with van der Waals surface area (Å²) in [5.41, 5.74) is 4.39. The molecular formula is C23H30N2O4S. The van der Waals surface area contributed by atoms with Gasteiger partial charge in [0.05, 0.1) is 24.2 Å². The number of rotatable bonds is 6. The number of morpholine rings is 1. The van der Waals surface area contributed by atoms with Crippen LogP contribution in [-0.2, 0) is 14.8 Å². The SMILES string of the molecule is CC[C@@H](NC(=O)c1ccc(C)c(S(=O)(=O)N2CCOCC2)c1)c1ccc(C)c(C)c1. The lowest BCUT2D eigenvalue weighted by Crippen LogP contribution is -2.41. The Labute approximate surface area is 179 Å². The second kappa shape index (κ2) is 9.29. The van der Waals surface area contributed by atoms with Gasteiger partial charge in [0.2, 0.25) is 10.0 Å². The molecule has 0 spiro atoms. The minimum absolute atomic E-state index is 0.141. The van der Waals surface area contributed by atoms with Crippen molar-refractivity contribution < 1.29 is 17.9 Å². The smallest absolute Gasteiger partial charge is 0.251 e. The molecular weight excluding hydrogens is 400 g/mol. The number of aryl methyl sites for hydroxylation is 3. The molecule has 1 heterocycles. The van der Waals surface area contributed by atoms with Crippen molar-refractivity contribution in [1.29, 1.82) is 0 Å². The lowest BCUT2D eigenvalue weighted by molar-refractivity contribution is 0.0730. The maximum atomic E-state index is 13.1. The van der Waals surface area contributed by atoms with Crippen LogP contribution in [0.25, 0.3) is 0 Å². The minimum Gasteiger partial charge on any atom is -0.379 e. The van der Waals surface area contributed by atoms with Crippen LogP contribution in [0.5, 0.6) is 0 Å². The number of sulfonamides is 1. The van der Waals surface area contributed by atoms with Crippen molar-refractivity contribution in [2.75, 3.05) is 26.3 Å². The lowest BCUT2D eigenvalue weighted by atomic mass is 9.99. The number of benzene rings is 2. The number of ether oxygens (including phenoxy) is 1. The van der Waals surface area contributed by atoms with Gasteiger partial charge in [-0.15, -0.1) is 0 Å². The Morgan fingerprint density at radius 1 is 1.03 bits per heavy atom. The summed E-state index contributed by atoms with van der Waals surface area (Å²) in [4.78, 5) is 13.1. The number of hydrogen-bond donors (Lipinski definition) is 1. The molecule has 6 nitrogen and oxygen atoms in total. The van der Waals surface area contributed by atoms with Crippen molar-refractivity contribution in [3.8, 4) is 0 Å². The van der Waals surface area contributed by atoms with E-state index in [1.54, 1.807) is 19.1 Å². The highest BCUT2D eigenvalue weighted by atomic mass is 32.2. The molecule has 2 aromatic carbocycles. The summed E-state index contributed by atoms with van der Waals surface area (Å²) in [6.07, 6.45) is 0.735. The molecule has 30 heavy (non-hydrogen) atoms. The van der Waals surface area contributed by atoms with Crippen LogP contribution in [0.15, 0.2) is 41.3 Å². The van der Waals surface area contributed by atoms with Gasteiger partial charge < -0.3 is 10.1 Å². The number of carbonyl (C=O) groups excluding carboxylic acids is 1. The third-order valence-electron chi connectivity index (χ3n) is 5.69. The van der Waals surface area contributed by atoms with E-state index >= 15 is 0 Å². The summed E-state index contributed by atoms with van der Waals surface area (Å²) in [6, 6.07) is 10.9. The van der Waals surface area contributed by atoms with Crippen LogP contribution in [-0.4, -0.2) is 44.9 Å². The first kappa shape index (κ1) is 22.5. The van der Waals surface area contributed by atoms with Crippen molar-refractivity contribution in [3.63, 3.8) is 0 Å². The molecule has 1 fully saturated rings. The van der Waals surface area contributed by atoms with Gasteiger partial charge in [-0.3, -0.25) is 4.79 Å². The Balaban J connectivity index is 1.85. The maximum absolute atomic E-state index is 13.1. The summed E-state index contributed by atoms with van der Waals surface area (Å²) < 4.78 is 32.9. The summed E-state index contributed by atoms with van der Waals surface area (Å²) in [5, 5.41) is 3.06. The summed E-state index contributed by atoms with van der Waals surface area (Å²) in [7, 11) is -3.67. The highest BCUT2D eigenvalue weighted by Crippen LogP contribution is 2.24. The average molecular weight is 431 g/mol. The van der Waals surface area contributed by atoms with E-state index in [1.807, 2.05) is 13.0 Å². The summed E-state index contributed by atoms with van der Waals surface area (Å²) >= 11 is 0. The van der Waals surface area contributed by atoms with Gasteiger partial charge in [0, 0.05) is 18.7 Å². The lowest BCUT2D eigenvalue weighted by Gasteiger charge is -2.27. The van der Waals surface area contributed by atoms with Crippen molar-refractivity contribution in [3.05, 3.63) is 64.2 Å². The predicted octanol–water partition coefficient (Wildman–Crippen LogP) is 3.51. The Morgan fingerprint density at radius 3 is 2.33 bits per heavy atom. The fraction of sp³-hybridized carbons (Fsp3) is 0.435. The Kier molecular flexibility index (Phi) is 6.95. The molecule has 7 heteroatoms. The fourth-order valence-electron chi connectivity index (χ4n) is 3.59. The molecule has 0 aromatic heterocycles. The molecule has 1 aliphatic heterocycles. The second-order valence-corrected chi connectivity index (χ2v) is 9.68. The molecule has 1 amide bonds. The zero-order valence-corrected chi connectivity index (χ0v) is 18.9. The molecule has 0 bridgehead atoms. The van der Waals surface area contributed by atoms with Crippen LogP contribution >= 0.6 is 0 Å². The molecule has 0 unspecified atom stereocenters. The molecule has 0 saturated carbocycles. The van der Waals surface area contributed by atoms with Gasteiger partial charge in [0.1, 0.15) is 0 Å². The minimum atomic E-state index is -3.67. The first-order valence-electron chi connectivity index (χ1n) is 10.3. The van der Waals surface area contributed by atoms with Gasteiger partial charge in [-0.05, 0) is 61.6 Å². The highest BCUT2D eigenvalue weighted by molar-refractivity contribution is 7.89. The molecule has 2 aromatic rings. The van der Waals surface area contributed by atoms with Crippen molar-refractivity contribution >= 4 is 15.9 Å². The standard InChI is InChI=1S/C23H30N2O4S/c1-5-21(19-8-6-16(2)18(4)14-19)24-23(26)20-9-7-17(3)22(15-20)30(27,28)25-10-12-29-13-11-25/h6-9,14-15,21H,5,10-13H2,1-4H3,(H,24,26)/t21-/m1/s1. The summed E-state index contributed by atoms with van der Waals surface area (Å²) in [6.45, 7) is 9.28. The zero-order valence-electron chi connectivity index (χ0n) is 18.1. The third kappa shape index (κ3) is 4.74. The number of nitrogens with zero attached hydrogens (tertiary/aromatic N) is 1. The number of amides is 1. The van der Waals surface area contributed by atoms with Gasteiger partial charge in [-0.1, -0.05) is 31.2 Å². The quantitative estimate of drug-likeness (QED) is 0.761. The molecule has 3 rings (SSSR count). The van der Waals surface area contributed by atoms with Crippen LogP contribution in [0.1, 0.15) is 52.0 Å². The van der Waals surface area contributed by atoms with Gasteiger partial charge in [-0.25, -0.2) is 8.42 Å². The average Bonchev–Trinajstić information content (AvgIpc) is 2.74. The second-order valence-electron chi connectivity index (χ2n) is 7.77. The molecule has 0 radical (unpaired) electrons. The van der Waals surface area contributed by atoms with Crippen molar-refractivity contribution in [1.82, 2.24) is 9.62 Å². The largest absolute Gasteiger partial charge is 0.379 e. The Bertz CT molecular complexity index is 1030. The number of nitrogens with one attached hydrogen (secondary N) is 1. The Hall–Kier alpha value is -2.22. The summed E-state index contributed by atoms with van der Waals surface area (Å²) in [5.74, 6) is -0.279. The van der Waals surface area contributed by atoms with E-state index in [-0.39, 0.29) is 16.8 Å². The van der Waals surface area contributed by atoms with E-state index in [0.29, 0.717) is 37.4 Å². The fourth-order valence-corrected chi connectivity index (χ4v) is 5.25. The monoisotopic (exact) mass is 430 g/mol. The van der Waals surface area contributed by atoms with Gasteiger partial charge in [0.15, 0.2) is 0 Å². The highest BCUT2D eigenvalue weighted by Gasteiger charge is 2.28. The van der Waals surface area contributed by atoms with Crippen LogP contribution in [0.2, 0.25) is 0 Å². The van der Waals surface area contributed by atoms with E-state index in [2.05, 4.69) is 31.3 Å². The normalized spacial score (nSPS) is 16.3. The number of hydrogen-bond acceptors (Lipinski definition) is 4. The van der Waals surface area contributed by atoms with E-state index in [4.69, 9.17) is 4.74 Å². The van der Waals surface area contributed by atoms with Gasteiger partial charge in [0.25, 0.3) is 5.91 Å². The Morgan fingerprint density at radius 2 is 1.70 bits per heavy atom. The van der Waals surface area contributed by atoms with E-state index < -0.39 is 10.0 Å². The maximum Gasteiger partial charge on any atom is 0.251 e. The first-order chi connectivity index (χ1) is 14.2. The topological polar surface area (TPSA) is 75.7 Å². The molecule has 1 aliphatic rings. The third-order valence-corrected chi connectivity index (χ3v) is 7.73. The van der Waals surface area contributed by atoms with Crippen LogP contribution in [0.4, 0.5) is 0 Å². The van der Waals surface area contributed by atoms with Crippen molar-refractivity contribution in [2.24, 2.45) is 0 Å². The predicted molar refractivity (Wildman–Crippen MR) is 117 cm³/mol. The van der Waals surface area contributed by atoms with E-state index in [9.17, 15) is 13.2 Å². The van der Waals surface area contributed by atoms with Gasteiger partial charge >= 0.3 is 0 Å². The van der Waals surface area contributed by atoms with Crippen molar-refractivity contribution in [2.45, 2.75) is 45.1 Å². The zero-order chi connectivity index (χ0) is 21.9. The molecule has 1 N–H and O–H groups in total. The van der Waals surface area contributed by atoms with Crippen LogP contribution < -0.4 is 5.32 Å². The molecule has 1 saturated heterocycles. The molecule has 0 aliphatic carbocycles. The van der Waals surface area contributed by atoms with Crippen LogP contribution in [0.3, 0.4) is 0 Å². The first-order valence-corrected chi connectivity index (χ1v) is 11.7. The molecule has 1 atom stereocenters. The van der Waals surface area contributed by atoms with Gasteiger partial charge in [-0.2, -0.15) is 4.31 Å².